The highest BCUT2D eigenvalue weighted by Crippen LogP contribution is 2.28. The Balaban J connectivity index is 1.71. The molecule has 2 aliphatic rings. The van der Waals surface area contributed by atoms with Gasteiger partial charge < -0.3 is 15.4 Å². The van der Waals surface area contributed by atoms with E-state index in [1.54, 1.807) is 18.2 Å². The number of benzene rings is 1. The zero-order chi connectivity index (χ0) is 13.9. The van der Waals surface area contributed by atoms with Crippen molar-refractivity contribution in [2.24, 2.45) is 0 Å². The average molecular weight is 274 g/mol. The maximum Gasteiger partial charge on any atom is 0.262 e. The molecule has 5 nitrogen and oxygen atoms in total. The molecule has 3 rings (SSSR count). The molecular formula is C15H18N2O3. The van der Waals surface area contributed by atoms with Crippen molar-refractivity contribution in [1.29, 1.82) is 0 Å². The minimum atomic E-state index is -0.192. The van der Waals surface area contributed by atoms with Crippen LogP contribution in [0.3, 0.4) is 0 Å². The van der Waals surface area contributed by atoms with Crippen LogP contribution >= 0.6 is 0 Å². The highest BCUT2D eigenvalue weighted by molar-refractivity contribution is 5.99. The number of nitrogens with one attached hydrogen (secondary N) is 2. The molecule has 2 amide bonds. The van der Waals surface area contributed by atoms with Crippen molar-refractivity contribution in [1.82, 2.24) is 5.32 Å². The Labute approximate surface area is 117 Å². The molecule has 0 radical (unpaired) electrons. The lowest BCUT2D eigenvalue weighted by atomic mass is 9.95. The third kappa shape index (κ3) is 2.76. The van der Waals surface area contributed by atoms with Crippen LogP contribution < -0.4 is 15.4 Å². The highest BCUT2D eigenvalue weighted by Gasteiger charge is 2.20. The lowest BCUT2D eigenvalue weighted by Crippen LogP contribution is -2.36. The van der Waals surface area contributed by atoms with E-state index in [0.717, 1.165) is 12.8 Å². The summed E-state index contributed by atoms with van der Waals surface area (Å²) < 4.78 is 5.28. The zero-order valence-electron chi connectivity index (χ0n) is 11.3. The van der Waals surface area contributed by atoms with Gasteiger partial charge in [0.15, 0.2) is 6.61 Å². The van der Waals surface area contributed by atoms with Crippen LogP contribution in [0.2, 0.25) is 0 Å². The van der Waals surface area contributed by atoms with Crippen LogP contribution in [0.25, 0.3) is 0 Å². The minimum absolute atomic E-state index is 0.0284. The van der Waals surface area contributed by atoms with E-state index < -0.39 is 0 Å². The van der Waals surface area contributed by atoms with Crippen LogP contribution in [0.5, 0.6) is 5.75 Å². The predicted molar refractivity (Wildman–Crippen MR) is 74.9 cm³/mol. The zero-order valence-corrected chi connectivity index (χ0v) is 11.3. The van der Waals surface area contributed by atoms with Gasteiger partial charge in [-0.05, 0) is 31.0 Å². The number of amides is 2. The van der Waals surface area contributed by atoms with Crippen molar-refractivity contribution in [3.8, 4) is 5.75 Å². The molecule has 0 atom stereocenters. The summed E-state index contributed by atoms with van der Waals surface area (Å²) in [6.45, 7) is 0.0284. The molecule has 1 aromatic rings. The van der Waals surface area contributed by atoms with Crippen molar-refractivity contribution in [2.45, 2.75) is 38.1 Å². The first-order valence-corrected chi connectivity index (χ1v) is 7.10. The third-order valence-corrected chi connectivity index (χ3v) is 3.81. The molecular weight excluding hydrogens is 256 g/mol. The number of ether oxygens (including phenoxy) is 1. The van der Waals surface area contributed by atoms with Gasteiger partial charge >= 0.3 is 0 Å². The molecule has 0 bridgehead atoms. The molecule has 1 saturated carbocycles. The van der Waals surface area contributed by atoms with Gasteiger partial charge in [0.1, 0.15) is 5.75 Å². The van der Waals surface area contributed by atoms with Crippen LogP contribution in [0.1, 0.15) is 42.5 Å². The van der Waals surface area contributed by atoms with Gasteiger partial charge in [0.25, 0.3) is 11.8 Å². The summed E-state index contributed by atoms with van der Waals surface area (Å²) in [5.41, 5.74) is 1.12. The number of carbonyl (C=O) groups excluding carboxylic acids is 2. The first-order valence-electron chi connectivity index (χ1n) is 7.10. The lowest BCUT2D eigenvalue weighted by molar-refractivity contribution is -0.118. The van der Waals surface area contributed by atoms with E-state index in [1.165, 1.54) is 19.3 Å². The minimum Gasteiger partial charge on any atom is -0.482 e. The lowest BCUT2D eigenvalue weighted by Gasteiger charge is -2.23. The quantitative estimate of drug-likeness (QED) is 0.867. The molecule has 1 aliphatic heterocycles. The Hall–Kier alpha value is -2.04. The largest absolute Gasteiger partial charge is 0.482 e. The van der Waals surface area contributed by atoms with E-state index in [9.17, 15) is 9.59 Å². The van der Waals surface area contributed by atoms with Crippen molar-refractivity contribution >= 4 is 17.5 Å². The predicted octanol–water partition coefficient (Wildman–Crippen LogP) is 2.08. The van der Waals surface area contributed by atoms with E-state index in [2.05, 4.69) is 10.6 Å². The fourth-order valence-electron chi connectivity index (χ4n) is 2.74. The fraction of sp³-hybridized carbons (Fsp3) is 0.467. The van der Waals surface area contributed by atoms with E-state index in [4.69, 9.17) is 4.74 Å². The number of anilines is 1. The van der Waals surface area contributed by atoms with Crippen LogP contribution in [0.15, 0.2) is 18.2 Å². The molecule has 20 heavy (non-hydrogen) atoms. The molecule has 1 fully saturated rings. The molecule has 2 N–H and O–H groups in total. The second-order valence-corrected chi connectivity index (χ2v) is 5.36. The summed E-state index contributed by atoms with van der Waals surface area (Å²) >= 11 is 0. The van der Waals surface area contributed by atoms with Crippen LogP contribution in [-0.2, 0) is 4.79 Å². The Morgan fingerprint density at radius 2 is 2.05 bits per heavy atom. The maximum absolute atomic E-state index is 12.2. The average Bonchev–Trinajstić information content (AvgIpc) is 2.47. The molecule has 0 unspecified atom stereocenters. The summed E-state index contributed by atoms with van der Waals surface area (Å²) in [7, 11) is 0. The van der Waals surface area contributed by atoms with Crippen molar-refractivity contribution < 1.29 is 14.3 Å². The summed E-state index contributed by atoms with van der Waals surface area (Å²) in [4.78, 5) is 23.5. The smallest absolute Gasteiger partial charge is 0.262 e. The van der Waals surface area contributed by atoms with Gasteiger partial charge in [0.05, 0.1) is 5.69 Å². The van der Waals surface area contributed by atoms with Gasteiger partial charge in [-0.15, -0.1) is 0 Å². The van der Waals surface area contributed by atoms with Crippen molar-refractivity contribution in [3.63, 3.8) is 0 Å². The Morgan fingerprint density at radius 1 is 1.25 bits per heavy atom. The summed E-state index contributed by atoms with van der Waals surface area (Å²) in [5, 5.41) is 5.78. The SMILES string of the molecule is O=C1COc2ccc(C(=O)NC3CCCCC3)cc2N1. The first-order chi connectivity index (χ1) is 9.72. The molecule has 0 spiro atoms. The van der Waals surface area contributed by atoms with Gasteiger partial charge in [-0.1, -0.05) is 19.3 Å². The normalized spacial score (nSPS) is 18.7. The van der Waals surface area contributed by atoms with E-state index >= 15 is 0 Å². The summed E-state index contributed by atoms with van der Waals surface area (Å²) in [6.07, 6.45) is 5.72. The highest BCUT2D eigenvalue weighted by atomic mass is 16.5. The number of hydrogen-bond donors (Lipinski definition) is 2. The molecule has 1 aliphatic carbocycles. The van der Waals surface area contributed by atoms with E-state index in [-0.39, 0.29) is 24.5 Å². The van der Waals surface area contributed by atoms with Gasteiger partial charge in [0, 0.05) is 11.6 Å². The fourth-order valence-corrected chi connectivity index (χ4v) is 2.74. The number of carbonyl (C=O) groups is 2. The van der Waals surface area contributed by atoms with Gasteiger partial charge in [-0.2, -0.15) is 0 Å². The third-order valence-electron chi connectivity index (χ3n) is 3.81. The topological polar surface area (TPSA) is 67.4 Å². The molecule has 0 aromatic heterocycles. The van der Waals surface area contributed by atoms with Crippen molar-refractivity contribution in [3.05, 3.63) is 23.8 Å². The van der Waals surface area contributed by atoms with Crippen LogP contribution in [0.4, 0.5) is 5.69 Å². The van der Waals surface area contributed by atoms with Gasteiger partial charge in [-0.25, -0.2) is 0 Å². The molecule has 106 valence electrons. The number of rotatable bonds is 2. The Morgan fingerprint density at radius 3 is 2.85 bits per heavy atom. The van der Waals surface area contributed by atoms with Gasteiger partial charge in [-0.3, -0.25) is 9.59 Å². The molecule has 1 heterocycles. The summed E-state index contributed by atoms with van der Waals surface area (Å²) in [5.74, 6) is 0.334. The number of fused-ring (bicyclic) bond motifs is 1. The number of hydrogen-bond acceptors (Lipinski definition) is 3. The second kappa shape index (κ2) is 5.53. The van der Waals surface area contributed by atoms with E-state index in [0.29, 0.717) is 17.0 Å². The van der Waals surface area contributed by atoms with Crippen molar-refractivity contribution in [2.75, 3.05) is 11.9 Å². The Kier molecular flexibility index (Phi) is 3.58. The second-order valence-electron chi connectivity index (χ2n) is 5.36. The van der Waals surface area contributed by atoms with Gasteiger partial charge in [0.2, 0.25) is 0 Å². The van der Waals surface area contributed by atoms with E-state index in [1.807, 2.05) is 0 Å². The molecule has 1 aromatic carbocycles. The first kappa shape index (κ1) is 13.0. The summed E-state index contributed by atoms with van der Waals surface area (Å²) in [6, 6.07) is 5.40. The van der Waals surface area contributed by atoms with Crippen LogP contribution in [-0.4, -0.2) is 24.5 Å². The van der Waals surface area contributed by atoms with Crippen LogP contribution in [0, 0.1) is 0 Å². The standard InChI is InChI=1S/C15H18N2O3/c18-14-9-20-13-7-6-10(8-12(13)17-14)15(19)16-11-4-2-1-3-5-11/h6-8,11H,1-5,9H2,(H,16,19)(H,17,18). The molecule has 0 saturated heterocycles. The Bertz CT molecular complexity index is 536. The maximum atomic E-state index is 12.2. The molecule has 5 heteroatoms. The monoisotopic (exact) mass is 274 g/mol.